The molecule has 0 aliphatic carbocycles. The Balaban J connectivity index is 2.55. The molecule has 2 N–H and O–H groups in total. The summed E-state index contributed by atoms with van der Waals surface area (Å²) < 4.78 is 5.66. The number of non-ortho nitro benzene ring substituents is 1. The molecule has 1 aliphatic heterocycles. The lowest BCUT2D eigenvalue weighted by Gasteiger charge is -2.40. The first-order valence-electron chi connectivity index (χ1n) is 6.59. The van der Waals surface area contributed by atoms with E-state index in [1.165, 1.54) is 23.1 Å². The van der Waals surface area contributed by atoms with Crippen LogP contribution in [0.15, 0.2) is 18.2 Å². The van der Waals surface area contributed by atoms with E-state index in [9.17, 15) is 14.9 Å². The van der Waals surface area contributed by atoms with Crippen LogP contribution in [-0.2, 0) is 4.79 Å². The van der Waals surface area contributed by atoms with Gasteiger partial charge in [-0.2, -0.15) is 0 Å². The second kappa shape index (κ2) is 4.70. The van der Waals surface area contributed by atoms with Crippen LogP contribution >= 0.6 is 0 Å². The summed E-state index contributed by atoms with van der Waals surface area (Å²) in [5.74, 6) is 0.170. The van der Waals surface area contributed by atoms with E-state index < -0.39 is 16.1 Å². The van der Waals surface area contributed by atoms with Gasteiger partial charge in [0.2, 0.25) is 0 Å². The van der Waals surface area contributed by atoms with E-state index in [0.29, 0.717) is 11.4 Å². The fourth-order valence-electron chi connectivity index (χ4n) is 2.23. The van der Waals surface area contributed by atoms with E-state index in [2.05, 4.69) is 0 Å². The maximum atomic E-state index is 12.5. The first-order chi connectivity index (χ1) is 9.51. The van der Waals surface area contributed by atoms with Crippen LogP contribution in [0.4, 0.5) is 11.4 Å². The van der Waals surface area contributed by atoms with Gasteiger partial charge in [0.1, 0.15) is 5.75 Å². The highest BCUT2D eigenvalue weighted by molar-refractivity contribution is 6.02. The minimum atomic E-state index is -1.03. The van der Waals surface area contributed by atoms with E-state index in [4.69, 9.17) is 10.5 Å². The summed E-state index contributed by atoms with van der Waals surface area (Å²) >= 11 is 0. The van der Waals surface area contributed by atoms with Crippen molar-refractivity contribution in [3.63, 3.8) is 0 Å². The van der Waals surface area contributed by atoms with Crippen molar-refractivity contribution in [2.24, 2.45) is 5.73 Å². The molecule has 2 rings (SSSR count). The van der Waals surface area contributed by atoms with Crippen molar-refractivity contribution >= 4 is 17.3 Å². The van der Waals surface area contributed by atoms with Gasteiger partial charge in [0.25, 0.3) is 11.6 Å². The number of anilines is 1. The monoisotopic (exact) mass is 293 g/mol. The van der Waals surface area contributed by atoms with Crippen LogP contribution in [0, 0.1) is 10.1 Å². The number of carbonyl (C=O) groups excluding carboxylic acids is 1. The molecule has 0 fully saturated rings. The molecule has 21 heavy (non-hydrogen) atoms. The Morgan fingerprint density at radius 3 is 2.57 bits per heavy atom. The van der Waals surface area contributed by atoms with Crippen molar-refractivity contribution in [1.82, 2.24) is 0 Å². The van der Waals surface area contributed by atoms with Crippen LogP contribution in [0.5, 0.6) is 5.75 Å². The molecule has 1 aliphatic rings. The molecule has 1 aromatic carbocycles. The number of nitro groups is 1. The average molecular weight is 293 g/mol. The predicted octanol–water partition coefficient (Wildman–Crippen LogP) is 1.84. The van der Waals surface area contributed by atoms with Crippen LogP contribution in [0.3, 0.4) is 0 Å². The van der Waals surface area contributed by atoms with E-state index in [-0.39, 0.29) is 18.1 Å². The Morgan fingerprint density at radius 1 is 1.43 bits per heavy atom. The number of ether oxygens (including phenoxy) is 1. The number of rotatable bonds is 3. The Kier molecular flexibility index (Phi) is 3.41. The van der Waals surface area contributed by atoms with Gasteiger partial charge in [-0.3, -0.25) is 14.9 Å². The topological polar surface area (TPSA) is 98.7 Å². The third kappa shape index (κ3) is 2.97. The van der Waals surface area contributed by atoms with Gasteiger partial charge in [-0.1, -0.05) is 0 Å². The van der Waals surface area contributed by atoms with Crippen molar-refractivity contribution in [1.29, 1.82) is 0 Å². The Labute approximate surface area is 122 Å². The number of hydrogen-bond acceptors (Lipinski definition) is 5. The van der Waals surface area contributed by atoms with E-state index in [0.717, 1.165) is 0 Å². The van der Waals surface area contributed by atoms with Crippen molar-refractivity contribution in [2.75, 3.05) is 11.4 Å². The average Bonchev–Trinajstić information content (AvgIpc) is 2.32. The molecule has 0 bridgehead atoms. The predicted molar refractivity (Wildman–Crippen MR) is 78.4 cm³/mol. The van der Waals surface area contributed by atoms with Gasteiger partial charge >= 0.3 is 0 Å². The van der Waals surface area contributed by atoms with Crippen LogP contribution in [0.1, 0.15) is 27.7 Å². The maximum Gasteiger partial charge on any atom is 0.271 e. The second-order valence-corrected chi connectivity index (χ2v) is 6.40. The molecule has 0 aromatic heterocycles. The molecule has 0 atom stereocenters. The third-order valence-corrected chi connectivity index (χ3v) is 3.14. The normalized spacial score (nSPS) is 17.2. The van der Waals surface area contributed by atoms with Gasteiger partial charge < -0.3 is 15.4 Å². The van der Waals surface area contributed by atoms with E-state index in [1.807, 2.05) is 0 Å². The molecular formula is C14H19N3O4. The van der Waals surface area contributed by atoms with Gasteiger partial charge in [-0.15, -0.1) is 0 Å². The zero-order chi connectivity index (χ0) is 16.0. The summed E-state index contributed by atoms with van der Waals surface area (Å²) in [6.45, 7) is 7.15. The molecule has 7 nitrogen and oxygen atoms in total. The molecular weight excluding hydrogens is 274 g/mol. The highest BCUT2D eigenvalue weighted by atomic mass is 16.6. The highest BCUT2D eigenvalue weighted by Gasteiger charge is 2.42. The highest BCUT2D eigenvalue weighted by Crippen LogP contribution is 2.40. The fraction of sp³-hybridized carbons (Fsp3) is 0.500. The molecule has 0 saturated heterocycles. The lowest BCUT2D eigenvalue weighted by atomic mass is 9.99. The molecule has 1 heterocycles. The number of hydrogen-bond donors (Lipinski definition) is 1. The second-order valence-electron chi connectivity index (χ2n) is 6.40. The van der Waals surface area contributed by atoms with Crippen LogP contribution in [-0.4, -0.2) is 28.5 Å². The summed E-state index contributed by atoms with van der Waals surface area (Å²) in [6.07, 6.45) is 0. The Bertz CT molecular complexity index is 605. The largest absolute Gasteiger partial charge is 0.476 e. The number of nitrogens with two attached hydrogens (primary N) is 1. The van der Waals surface area contributed by atoms with Crippen molar-refractivity contribution in [3.8, 4) is 5.75 Å². The Morgan fingerprint density at radius 2 is 2.05 bits per heavy atom. The minimum absolute atomic E-state index is 0.0929. The lowest BCUT2D eigenvalue weighted by Crippen LogP contribution is -2.57. The van der Waals surface area contributed by atoms with Gasteiger partial charge in [0.15, 0.2) is 5.60 Å². The standard InChI is InChI=1S/C14H19N3O4/c1-13(2,15)8-16-10-7-9(17(19)20)5-6-11(10)21-14(3,4)12(16)18/h5-7H,8,15H2,1-4H3. The summed E-state index contributed by atoms with van der Waals surface area (Å²) in [4.78, 5) is 24.4. The molecule has 7 heteroatoms. The number of amides is 1. The third-order valence-electron chi connectivity index (χ3n) is 3.14. The first kappa shape index (κ1) is 15.2. The number of nitro benzene ring substituents is 1. The number of carbonyl (C=O) groups is 1. The molecule has 0 spiro atoms. The molecule has 114 valence electrons. The summed E-state index contributed by atoms with van der Waals surface area (Å²) in [7, 11) is 0. The van der Waals surface area contributed by atoms with Gasteiger partial charge in [-0.05, 0) is 33.8 Å². The first-order valence-corrected chi connectivity index (χ1v) is 6.59. The molecule has 0 unspecified atom stereocenters. The maximum absolute atomic E-state index is 12.5. The smallest absolute Gasteiger partial charge is 0.271 e. The fourth-order valence-corrected chi connectivity index (χ4v) is 2.23. The van der Waals surface area contributed by atoms with Crippen LogP contribution in [0.25, 0.3) is 0 Å². The van der Waals surface area contributed by atoms with E-state index in [1.54, 1.807) is 27.7 Å². The zero-order valence-electron chi connectivity index (χ0n) is 12.5. The van der Waals surface area contributed by atoms with Crippen LogP contribution in [0.2, 0.25) is 0 Å². The van der Waals surface area contributed by atoms with Crippen molar-refractivity contribution < 1.29 is 14.5 Å². The zero-order valence-corrected chi connectivity index (χ0v) is 12.5. The Hall–Kier alpha value is -2.15. The number of fused-ring (bicyclic) bond motifs is 1. The quantitative estimate of drug-likeness (QED) is 0.677. The molecule has 0 radical (unpaired) electrons. The molecule has 1 amide bonds. The van der Waals surface area contributed by atoms with Crippen molar-refractivity contribution in [2.45, 2.75) is 38.8 Å². The van der Waals surface area contributed by atoms with Gasteiger partial charge in [0, 0.05) is 24.2 Å². The summed E-state index contributed by atoms with van der Waals surface area (Å²) in [5.41, 5.74) is 4.62. The molecule has 0 saturated carbocycles. The summed E-state index contributed by atoms with van der Waals surface area (Å²) in [5, 5.41) is 10.9. The van der Waals surface area contributed by atoms with Gasteiger partial charge in [-0.25, -0.2) is 0 Å². The van der Waals surface area contributed by atoms with Crippen LogP contribution < -0.4 is 15.4 Å². The summed E-state index contributed by atoms with van der Waals surface area (Å²) in [6, 6.07) is 4.21. The van der Waals surface area contributed by atoms with E-state index >= 15 is 0 Å². The van der Waals surface area contributed by atoms with Gasteiger partial charge in [0.05, 0.1) is 10.6 Å². The minimum Gasteiger partial charge on any atom is -0.476 e. The molecule has 1 aromatic rings. The van der Waals surface area contributed by atoms with Crippen molar-refractivity contribution in [3.05, 3.63) is 28.3 Å². The number of nitrogens with zero attached hydrogens (tertiary/aromatic N) is 2. The number of benzene rings is 1. The lowest BCUT2D eigenvalue weighted by molar-refractivity contribution is -0.384. The SMILES string of the molecule is CC(C)(N)CN1C(=O)C(C)(C)Oc2ccc([N+](=O)[O-])cc21.